The average Bonchev–Trinajstić information content (AvgIpc) is 1.99. The maximum absolute atomic E-state index is 10.7. The molecule has 1 fully saturated rings. The summed E-state index contributed by atoms with van der Waals surface area (Å²) < 4.78 is 0. The largest absolute Gasteiger partial charge is 0.355 e. The number of nitrogens with one attached hydrogen (secondary N) is 2. The van der Waals surface area contributed by atoms with Gasteiger partial charge in [-0.1, -0.05) is 0 Å². The highest BCUT2D eigenvalue weighted by Gasteiger charge is 2.15. The molecule has 51 valence electrons. The van der Waals surface area contributed by atoms with Gasteiger partial charge in [-0.05, 0) is 19.3 Å². The molecule has 0 saturated carbocycles. The number of hydrogen-bond donors (Lipinski definition) is 1. The third-order valence-corrected chi connectivity index (χ3v) is 1.54. The molecule has 9 heavy (non-hydrogen) atoms. The highest BCUT2D eigenvalue weighted by atomic mass is 16.2. The molecule has 1 aliphatic rings. The zero-order chi connectivity index (χ0) is 6.69. The van der Waals surface area contributed by atoms with E-state index in [4.69, 9.17) is 5.73 Å². The molecule has 1 rings (SSSR count). The predicted octanol–water partition coefficient (Wildman–Crippen LogP) is -0.0620. The molecule has 1 radical (unpaired) electrons. The van der Waals surface area contributed by atoms with E-state index in [-0.39, 0.29) is 5.91 Å². The molecule has 0 spiro atoms. The minimum Gasteiger partial charge on any atom is -0.355 e. The molecule has 1 heterocycles. The Morgan fingerprint density at radius 2 is 2.33 bits per heavy atom. The van der Waals surface area contributed by atoms with Gasteiger partial charge < -0.3 is 5.32 Å². The first-order valence-electron chi connectivity index (χ1n) is 3.29. The molecule has 1 unspecified atom stereocenters. The normalized spacial score (nSPS) is 29.0. The number of rotatable bonds is 0. The Labute approximate surface area is 54.6 Å². The summed E-state index contributed by atoms with van der Waals surface area (Å²) >= 11 is 0. The van der Waals surface area contributed by atoms with E-state index in [1.54, 1.807) is 0 Å². The summed E-state index contributed by atoms with van der Waals surface area (Å²) in [7, 11) is 0. The fraction of sp³-hybridized carbons (Fsp3) is 0.833. The number of amides is 1. The quantitative estimate of drug-likeness (QED) is 0.487. The summed E-state index contributed by atoms with van der Waals surface area (Å²) in [5.41, 5.74) is 7.21. The van der Waals surface area contributed by atoms with Crippen molar-refractivity contribution in [2.75, 3.05) is 6.54 Å². The topological polar surface area (TPSA) is 52.9 Å². The summed E-state index contributed by atoms with van der Waals surface area (Å²) in [6.07, 6.45) is 2.76. The van der Waals surface area contributed by atoms with Crippen LogP contribution in [0.5, 0.6) is 0 Å². The smallest absolute Gasteiger partial charge is 0.238 e. The fourth-order valence-corrected chi connectivity index (χ4v) is 0.939. The van der Waals surface area contributed by atoms with E-state index in [0.717, 1.165) is 25.8 Å². The van der Waals surface area contributed by atoms with Crippen molar-refractivity contribution < 1.29 is 4.79 Å². The zero-order valence-electron chi connectivity index (χ0n) is 5.31. The molecule has 2 N–H and O–H groups in total. The molecule has 1 atom stereocenters. The first-order valence-corrected chi connectivity index (χ1v) is 3.29. The highest BCUT2D eigenvalue weighted by molar-refractivity contribution is 5.81. The van der Waals surface area contributed by atoms with Crippen molar-refractivity contribution in [3.05, 3.63) is 0 Å². The van der Waals surface area contributed by atoms with Gasteiger partial charge in [0.25, 0.3) is 0 Å². The average molecular weight is 127 g/mol. The van der Waals surface area contributed by atoms with Gasteiger partial charge in [-0.2, -0.15) is 0 Å². The van der Waals surface area contributed by atoms with Crippen LogP contribution < -0.4 is 11.1 Å². The first kappa shape index (κ1) is 6.55. The monoisotopic (exact) mass is 127 g/mol. The second-order valence-corrected chi connectivity index (χ2v) is 2.34. The van der Waals surface area contributed by atoms with E-state index in [1.807, 2.05) is 0 Å². The van der Waals surface area contributed by atoms with E-state index in [0.29, 0.717) is 0 Å². The Kier molecular flexibility index (Phi) is 2.05. The SMILES string of the molecule is [NH]C1CCCCNC1=O. The Balaban J connectivity index is 2.41. The molecule has 3 nitrogen and oxygen atoms in total. The number of carbonyl (C=O) groups is 1. The lowest BCUT2D eigenvalue weighted by Gasteiger charge is -2.02. The molecule has 0 aliphatic carbocycles. The van der Waals surface area contributed by atoms with E-state index >= 15 is 0 Å². The van der Waals surface area contributed by atoms with Crippen LogP contribution in [0, 0.1) is 0 Å². The lowest BCUT2D eigenvalue weighted by atomic mass is 10.1. The van der Waals surface area contributed by atoms with Crippen LogP contribution in [0.25, 0.3) is 0 Å². The molecule has 1 saturated heterocycles. The van der Waals surface area contributed by atoms with Crippen LogP contribution in [0.2, 0.25) is 0 Å². The molecular formula is C6H11N2O. The lowest BCUT2D eigenvalue weighted by molar-refractivity contribution is -0.122. The Bertz CT molecular complexity index is 114. The zero-order valence-corrected chi connectivity index (χ0v) is 5.31. The number of carbonyl (C=O) groups excluding carboxylic acids is 1. The standard InChI is InChI=1S/C6H11N2O/c7-5-3-1-2-4-8-6(5)9/h5,7H,1-4H2,(H,8,9). The minimum atomic E-state index is -0.507. The molecule has 3 heteroatoms. The van der Waals surface area contributed by atoms with Crippen LogP contribution in [-0.2, 0) is 4.79 Å². The van der Waals surface area contributed by atoms with Gasteiger partial charge in [-0.25, -0.2) is 5.73 Å². The van der Waals surface area contributed by atoms with Crippen molar-refractivity contribution in [1.82, 2.24) is 11.1 Å². The third-order valence-electron chi connectivity index (χ3n) is 1.54. The molecule has 1 amide bonds. The Morgan fingerprint density at radius 1 is 1.56 bits per heavy atom. The summed E-state index contributed by atoms with van der Waals surface area (Å²) in [5.74, 6) is -0.104. The number of hydrogen-bond acceptors (Lipinski definition) is 1. The third kappa shape index (κ3) is 1.68. The van der Waals surface area contributed by atoms with Crippen LogP contribution in [-0.4, -0.2) is 18.5 Å². The van der Waals surface area contributed by atoms with Gasteiger partial charge in [0, 0.05) is 6.54 Å². The molecule has 0 bridgehead atoms. The van der Waals surface area contributed by atoms with Crippen LogP contribution in [0.15, 0.2) is 0 Å². The lowest BCUT2D eigenvalue weighted by Crippen LogP contribution is -2.33. The van der Waals surface area contributed by atoms with E-state index in [9.17, 15) is 4.79 Å². The second-order valence-electron chi connectivity index (χ2n) is 2.34. The fourth-order valence-electron chi connectivity index (χ4n) is 0.939. The van der Waals surface area contributed by atoms with Crippen LogP contribution >= 0.6 is 0 Å². The van der Waals surface area contributed by atoms with E-state index in [2.05, 4.69) is 5.32 Å². The maximum Gasteiger partial charge on any atom is 0.238 e. The van der Waals surface area contributed by atoms with Crippen molar-refractivity contribution in [3.63, 3.8) is 0 Å². The molecular weight excluding hydrogens is 116 g/mol. The van der Waals surface area contributed by atoms with E-state index < -0.39 is 6.04 Å². The van der Waals surface area contributed by atoms with Crippen molar-refractivity contribution in [3.8, 4) is 0 Å². The van der Waals surface area contributed by atoms with Gasteiger partial charge in [0.1, 0.15) is 0 Å². The molecule has 0 aromatic heterocycles. The summed E-state index contributed by atoms with van der Waals surface area (Å²) in [5, 5.41) is 2.67. The highest BCUT2D eigenvalue weighted by Crippen LogP contribution is 2.03. The second kappa shape index (κ2) is 2.82. The van der Waals surface area contributed by atoms with Gasteiger partial charge >= 0.3 is 0 Å². The van der Waals surface area contributed by atoms with Crippen LogP contribution in [0.1, 0.15) is 19.3 Å². The minimum absolute atomic E-state index is 0.104. The van der Waals surface area contributed by atoms with E-state index in [1.165, 1.54) is 0 Å². The first-order chi connectivity index (χ1) is 4.30. The Hall–Kier alpha value is -0.570. The summed E-state index contributed by atoms with van der Waals surface area (Å²) in [6.45, 7) is 0.758. The van der Waals surface area contributed by atoms with Gasteiger partial charge in [0.2, 0.25) is 5.91 Å². The maximum atomic E-state index is 10.7. The van der Waals surface area contributed by atoms with Crippen molar-refractivity contribution >= 4 is 5.91 Å². The van der Waals surface area contributed by atoms with Crippen molar-refractivity contribution in [1.29, 1.82) is 0 Å². The van der Waals surface area contributed by atoms with Crippen LogP contribution in [0.3, 0.4) is 0 Å². The Morgan fingerprint density at radius 3 is 3.11 bits per heavy atom. The molecule has 0 aromatic rings. The van der Waals surface area contributed by atoms with Gasteiger partial charge in [0.15, 0.2) is 0 Å². The van der Waals surface area contributed by atoms with Crippen molar-refractivity contribution in [2.45, 2.75) is 25.3 Å². The summed E-state index contributed by atoms with van der Waals surface area (Å²) in [6, 6.07) is -0.507. The summed E-state index contributed by atoms with van der Waals surface area (Å²) in [4.78, 5) is 10.7. The predicted molar refractivity (Wildman–Crippen MR) is 33.7 cm³/mol. The molecule has 1 aliphatic heterocycles. The van der Waals surface area contributed by atoms with Crippen LogP contribution in [0.4, 0.5) is 0 Å². The van der Waals surface area contributed by atoms with Gasteiger partial charge in [-0.3, -0.25) is 4.79 Å². The van der Waals surface area contributed by atoms with Crippen molar-refractivity contribution in [2.24, 2.45) is 0 Å². The molecule has 0 aromatic carbocycles. The van der Waals surface area contributed by atoms with Gasteiger partial charge in [-0.15, -0.1) is 0 Å². The van der Waals surface area contributed by atoms with Gasteiger partial charge in [0.05, 0.1) is 6.04 Å².